The monoisotopic (exact) mass is 317 g/mol. The summed E-state index contributed by atoms with van der Waals surface area (Å²) in [5.41, 5.74) is -0.320. The molecule has 3 rings (SSSR count). The number of carbonyl (C=O) groups excluding carboxylic acids is 2. The Kier molecular flexibility index (Phi) is 4.66. The lowest BCUT2D eigenvalue weighted by Gasteiger charge is -2.21. The standard InChI is InChI=1S/C18H23NO4/c20-15(12-23-17(21)18(22)10-4-5-11-18)19-16(14-8-9-14)13-6-2-1-3-7-13/h1-3,6-7,14,16,22H,4-5,8-12H2,(H,19,20)/t16-/m0/s1. The lowest BCUT2D eigenvalue weighted by molar-refractivity contribution is -0.167. The highest BCUT2D eigenvalue weighted by atomic mass is 16.6. The van der Waals surface area contributed by atoms with E-state index in [9.17, 15) is 14.7 Å². The summed E-state index contributed by atoms with van der Waals surface area (Å²) in [4.78, 5) is 24.0. The third-order valence-corrected chi connectivity index (χ3v) is 4.71. The summed E-state index contributed by atoms with van der Waals surface area (Å²) in [7, 11) is 0. The van der Waals surface area contributed by atoms with E-state index < -0.39 is 11.6 Å². The molecule has 2 saturated carbocycles. The van der Waals surface area contributed by atoms with Crippen LogP contribution in [0.25, 0.3) is 0 Å². The van der Waals surface area contributed by atoms with Crippen molar-refractivity contribution < 1.29 is 19.4 Å². The molecule has 124 valence electrons. The van der Waals surface area contributed by atoms with E-state index in [0.717, 1.165) is 31.2 Å². The van der Waals surface area contributed by atoms with E-state index in [-0.39, 0.29) is 18.6 Å². The SMILES string of the molecule is O=C(COC(=O)C1(O)CCCC1)N[C@@H](c1ccccc1)C1CC1. The Bertz CT molecular complexity index is 562. The molecule has 1 aromatic carbocycles. The molecule has 0 unspecified atom stereocenters. The number of ether oxygens (including phenoxy) is 1. The van der Waals surface area contributed by atoms with Gasteiger partial charge in [0.15, 0.2) is 12.2 Å². The molecule has 0 aliphatic heterocycles. The second-order valence-corrected chi connectivity index (χ2v) is 6.61. The molecule has 0 bridgehead atoms. The number of hydrogen-bond donors (Lipinski definition) is 2. The van der Waals surface area contributed by atoms with Crippen LogP contribution in [0.2, 0.25) is 0 Å². The third-order valence-electron chi connectivity index (χ3n) is 4.71. The summed E-state index contributed by atoms with van der Waals surface area (Å²) in [6.45, 7) is -0.336. The second-order valence-electron chi connectivity index (χ2n) is 6.61. The molecule has 1 atom stereocenters. The highest BCUT2D eigenvalue weighted by Gasteiger charge is 2.41. The second kappa shape index (κ2) is 6.71. The van der Waals surface area contributed by atoms with Crippen LogP contribution < -0.4 is 5.32 Å². The van der Waals surface area contributed by atoms with Gasteiger partial charge in [-0.1, -0.05) is 30.3 Å². The molecule has 5 nitrogen and oxygen atoms in total. The smallest absolute Gasteiger partial charge is 0.338 e. The van der Waals surface area contributed by atoms with Crippen LogP contribution in [0.5, 0.6) is 0 Å². The Labute approximate surface area is 136 Å². The lowest BCUT2D eigenvalue weighted by atomic mass is 10.0. The van der Waals surface area contributed by atoms with Crippen molar-refractivity contribution in [2.75, 3.05) is 6.61 Å². The molecule has 1 aromatic rings. The molecular formula is C18H23NO4. The first-order valence-corrected chi connectivity index (χ1v) is 8.32. The van der Waals surface area contributed by atoms with Gasteiger partial charge in [0, 0.05) is 0 Å². The summed E-state index contributed by atoms with van der Waals surface area (Å²) < 4.78 is 5.03. The minimum absolute atomic E-state index is 0.0306. The average Bonchev–Trinajstić information content (AvgIpc) is 3.31. The Morgan fingerprint density at radius 2 is 1.87 bits per heavy atom. The molecule has 2 aliphatic carbocycles. The van der Waals surface area contributed by atoms with Crippen LogP contribution in [0, 0.1) is 5.92 Å². The third kappa shape index (κ3) is 3.91. The van der Waals surface area contributed by atoms with Gasteiger partial charge in [0.05, 0.1) is 6.04 Å². The molecular weight excluding hydrogens is 294 g/mol. The fraction of sp³-hybridized carbons (Fsp3) is 0.556. The fourth-order valence-corrected chi connectivity index (χ4v) is 3.21. The van der Waals surface area contributed by atoms with Gasteiger partial charge < -0.3 is 15.2 Å². The van der Waals surface area contributed by atoms with E-state index >= 15 is 0 Å². The van der Waals surface area contributed by atoms with Gasteiger partial charge in [-0.05, 0) is 50.0 Å². The predicted molar refractivity (Wildman–Crippen MR) is 84.4 cm³/mol. The number of aliphatic hydroxyl groups is 1. The molecule has 5 heteroatoms. The van der Waals surface area contributed by atoms with Gasteiger partial charge in [-0.2, -0.15) is 0 Å². The van der Waals surface area contributed by atoms with Crippen molar-refractivity contribution in [1.29, 1.82) is 0 Å². The summed E-state index contributed by atoms with van der Waals surface area (Å²) in [5, 5.41) is 13.1. The zero-order chi connectivity index (χ0) is 16.3. The van der Waals surface area contributed by atoms with E-state index in [1.54, 1.807) is 0 Å². The molecule has 2 N–H and O–H groups in total. The molecule has 1 amide bonds. The minimum atomic E-state index is -1.39. The zero-order valence-electron chi connectivity index (χ0n) is 13.2. The van der Waals surface area contributed by atoms with Crippen LogP contribution in [0.4, 0.5) is 0 Å². The van der Waals surface area contributed by atoms with Crippen molar-refractivity contribution >= 4 is 11.9 Å². The van der Waals surface area contributed by atoms with E-state index in [2.05, 4.69) is 5.32 Å². The van der Waals surface area contributed by atoms with Crippen LogP contribution in [0.15, 0.2) is 30.3 Å². The predicted octanol–water partition coefficient (Wildman–Crippen LogP) is 2.10. The summed E-state index contributed by atoms with van der Waals surface area (Å²) in [6.07, 6.45) is 4.66. The van der Waals surface area contributed by atoms with Gasteiger partial charge >= 0.3 is 5.97 Å². The van der Waals surface area contributed by atoms with Crippen LogP contribution in [0.1, 0.15) is 50.1 Å². The topological polar surface area (TPSA) is 75.6 Å². The van der Waals surface area contributed by atoms with Gasteiger partial charge in [-0.3, -0.25) is 4.79 Å². The highest BCUT2D eigenvalue weighted by Crippen LogP contribution is 2.40. The average molecular weight is 317 g/mol. The maximum absolute atomic E-state index is 12.1. The van der Waals surface area contributed by atoms with Crippen molar-refractivity contribution in [3.05, 3.63) is 35.9 Å². The van der Waals surface area contributed by atoms with Gasteiger partial charge in [0.25, 0.3) is 5.91 Å². The quantitative estimate of drug-likeness (QED) is 0.788. The number of nitrogens with one attached hydrogen (secondary N) is 1. The molecule has 0 aromatic heterocycles. The van der Waals surface area contributed by atoms with Crippen molar-refractivity contribution in [2.45, 2.75) is 50.2 Å². The molecule has 2 fully saturated rings. The van der Waals surface area contributed by atoms with Gasteiger partial charge in [-0.15, -0.1) is 0 Å². The maximum Gasteiger partial charge on any atom is 0.338 e. The van der Waals surface area contributed by atoms with E-state index in [1.807, 2.05) is 30.3 Å². The molecule has 2 aliphatic rings. The highest BCUT2D eigenvalue weighted by molar-refractivity contribution is 5.84. The normalized spacial score (nSPS) is 20.7. The Morgan fingerprint density at radius 3 is 2.48 bits per heavy atom. The van der Waals surface area contributed by atoms with Crippen LogP contribution in [-0.4, -0.2) is 29.2 Å². The number of esters is 1. The van der Waals surface area contributed by atoms with Crippen LogP contribution in [0.3, 0.4) is 0 Å². The Hall–Kier alpha value is -1.88. The largest absolute Gasteiger partial charge is 0.453 e. The molecule has 0 radical (unpaired) electrons. The Balaban J connectivity index is 1.53. The van der Waals surface area contributed by atoms with Crippen LogP contribution in [-0.2, 0) is 14.3 Å². The van der Waals surface area contributed by atoms with Gasteiger partial charge in [0.1, 0.15) is 0 Å². The number of benzene rings is 1. The summed E-state index contributed by atoms with van der Waals surface area (Å²) >= 11 is 0. The molecule has 23 heavy (non-hydrogen) atoms. The van der Waals surface area contributed by atoms with Gasteiger partial charge in [-0.25, -0.2) is 4.79 Å². The van der Waals surface area contributed by atoms with Gasteiger partial charge in [0.2, 0.25) is 0 Å². The first kappa shape index (κ1) is 16.0. The van der Waals surface area contributed by atoms with Crippen molar-refractivity contribution in [3.8, 4) is 0 Å². The van der Waals surface area contributed by atoms with Crippen molar-refractivity contribution in [2.24, 2.45) is 5.92 Å². The zero-order valence-corrected chi connectivity index (χ0v) is 13.2. The fourth-order valence-electron chi connectivity index (χ4n) is 3.21. The van der Waals surface area contributed by atoms with Crippen molar-refractivity contribution in [3.63, 3.8) is 0 Å². The first-order chi connectivity index (χ1) is 11.1. The summed E-state index contributed by atoms with van der Waals surface area (Å²) in [6, 6.07) is 9.81. The van der Waals surface area contributed by atoms with E-state index in [4.69, 9.17) is 4.74 Å². The minimum Gasteiger partial charge on any atom is -0.453 e. The molecule has 0 heterocycles. The number of carbonyl (C=O) groups is 2. The number of rotatable bonds is 6. The Morgan fingerprint density at radius 1 is 1.22 bits per heavy atom. The summed E-state index contributed by atoms with van der Waals surface area (Å²) in [5.74, 6) is -0.537. The number of hydrogen-bond acceptors (Lipinski definition) is 4. The lowest BCUT2D eigenvalue weighted by Crippen LogP contribution is -2.40. The maximum atomic E-state index is 12.1. The van der Waals surface area contributed by atoms with Crippen molar-refractivity contribution in [1.82, 2.24) is 5.32 Å². The molecule has 0 saturated heterocycles. The first-order valence-electron chi connectivity index (χ1n) is 8.32. The number of amides is 1. The van der Waals surface area contributed by atoms with E-state index in [0.29, 0.717) is 18.8 Å². The molecule has 0 spiro atoms. The van der Waals surface area contributed by atoms with Crippen LogP contribution >= 0.6 is 0 Å². The van der Waals surface area contributed by atoms with E-state index in [1.165, 1.54) is 0 Å².